The number of hydrogen-bond donors (Lipinski definition) is 0. The van der Waals surface area contributed by atoms with Crippen molar-refractivity contribution < 1.29 is 9.21 Å². The van der Waals surface area contributed by atoms with Crippen LogP contribution in [0.25, 0.3) is 0 Å². The minimum atomic E-state index is 0.141. The Morgan fingerprint density at radius 1 is 1.25 bits per heavy atom. The van der Waals surface area contributed by atoms with Gasteiger partial charge in [-0.15, -0.1) is 0 Å². The molecule has 0 aliphatic carbocycles. The van der Waals surface area contributed by atoms with E-state index in [1.165, 1.54) is 0 Å². The zero-order valence-electron chi connectivity index (χ0n) is 9.49. The van der Waals surface area contributed by atoms with Crippen molar-refractivity contribution >= 4 is 5.78 Å². The van der Waals surface area contributed by atoms with E-state index in [0.717, 1.165) is 22.3 Å². The van der Waals surface area contributed by atoms with Crippen LogP contribution in [0.4, 0.5) is 0 Å². The molecule has 2 nitrogen and oxygen atoms in total. The van der Waals surface area contributed by atoms with E-state index in [1.807, 2.05) is 38.1 Å². The fourth-order valence-electron chi connectivity index (χ4n) is 1.71. The van der Waals surface area contributed by atoms with Crippen LogP contribution >= 0.6 is 0 Å². The summed E-state index contributed by atoms with van der Waals surface area (Å²) in [5, 5.41) is 0. The second kappa shape index (κ2) is 4.35. The highest BCUT2D eigenvalue weighted by Crippen LogP contribution is 2.14. The van der Waals surface area contributed by atoms with E-state index in [2.05, 4.69) is 0 Å². The Bertz CT molecular complexity index is 495. The highest BCUT2D eigenvalue weighted by atomic mass is 16.3. The Kier molecular flexibility index (Phi) is 2.91. The summed E-state index contributed by atoms with van der Waals surface area (Å²) in [5.74, 6) is 0.141. The molecule has 1 aromatic carbocycles. The molecule has 0 spiro atoms. The molecule has 16 heavy (non-hydrogen) atoms. The lowest BCUT2D eigenvalue weighted by Crippen LogP contribution is -2.05. The number of carbonyl (C=O) groups excluding carboxylic acids is 1. The Balaban J connectivity index is 2.24. The molecule has 0 amide bonds. The van der Waals surface area contributed by atoms with Gasteiger partial charge in [-0.05, 0) is 37.1 Å². The quantitative estimate of drug-likeness (QED) is 0.734. The third kappa shape index (κ3) is 2.22. The van der Waals surface area contributed by atoms with Crippen molar-refractivity contribution in [3.63, 3.8) is 0 Å². The summed E-state index contributed by atoms with van der Waals surface area (Å²) in [6.45, 7) is 3.95. The lowest BCUT2D eigenvalue weighted by molar-refractivity contribution is 0.0992. The van der Waals surface area contributed by atoms with Gasteiger partial charge in [-0.1, -0.05) is 17.7 Å². The van der Waals surface area contributed by atoms with E-state index < -0.39 is 0 Å². The number of hydrogen-bond acceptors (Lipinski definition) is 2. The summed E-state index contributed by atoms with van der Waals surface area (Å²) in [5.41, 5.74) is 3.87. The minimum absolute atomic E-state index is 0.141. The van der Waals surface area contributed by atoms with Gasteiger partial charge in [0.15, 0.2) is 5.78 Å². The molecule has 0 saturated heterocycles. The van der Waals surface area contributed by atoms with Crippen LogP contribution in [0, 0.1) is 13.8 Å². The highest BCUT2D eigenvalue weighted by Gasteiger charge is 2.10. The summed E-state index contributed by atoms with van der Waals surface area (Å²) < 4.78 is 4.95. The molecule has 0 fully saturated rings. The van der Waals surface area contributed by atoms with E-state index >= 15 is 0 Å². The van der Waals surface area contributed by atoms with E-state index in [9.17, 15) is 4.79 Å². The third-order valence-corrected chi connectivity index (χ3v) is 2.64. The first-order valence-electron chi connectivity index (χ1n) is 5.28. The SMILES string of the molecule is Cc1ccc(C)c(C(=O)Cc2ccoc2)c1. The third-order valence-electron chi connectivity index (χ3n) is 2.64. The molecule has 0 radical (unpaired) electrons. The standard InChI is InChI=1S/C14H14O2/c1-10-3-4-11(2)13(7-10)14(15)8-12-5-6-16-9-12/h3-7,9H,8H2,1-2H3. The number of furan rings is 1. The second-order valence-corrected chi connectivity index (χ2v) is 4.05. The van der Waals surface area contributed by atoms with Gasteiger partial charge in [-0.25, -0.2) is 0 Å². The Hall–Kier alpha value is -1.83. The Morgan fingerprint density at radius 2 is 2.06 bits per heavy atom. The predicted molar refractivity (Wildman–Crippen MR) is 62.7 cm³/mol. The van der Waals surface area contributed by atoms with Crippen LogP contribution in [0.15, 0.2) is 41.2 Å². The minimum Gasteiger partial charge on any atom is -0.472 e. The predicted octanol–water partition coefficient (Wildman–Crippen LogP) is 3.32. The number of ketones is 1. The zero-order valence-corrected chi connectivity index (χ0v) is 9.49. The number of rotatable bonds is 3. The molecule has 2 rings (SSSR count). The maximum atomic E-state index is 12.0. The number of Topliss-reactive ketones (excluding diaryl/α,β-unsaturated/α-hetero) is 1. The molecule has 2 heteroatoms. The zero-order chi connectivity index (χ0) is 11.5. The fraction of sp³-hybridized carbons (Fsp3) is 0.214. The monoisotopic (exact) mass is 214 g/mol. The van der Waals surface area contributed by atoms with Gasteiger partial charge in [0.2, 0.25) is 0 Å². The topological polar surface area (TPSA) is 30.2 Å². The van der Waals surface area contributed by atoms with Crippen molar-refractivity contribution in [2.24, 2.45) is 0 Å². The first kappa shape index (κ1) is 10.7. The van der Waals surface area contributed by atoms with Crippen LogP contribution in [0.1, 0.15) is 27.0 Å². The van der Waals surface area contributed by atoms with Crippen LogP contribution in [-0.4, -0.2) is 5.78 Å². The maximum Gasteiger partial charge on any atom is 0.167 e. The van der Waals surface area contributed by atoms with E-state index in [1.54, 1.807) is 12.5 Å². The first-order valence-corrected chi connectivity index (χ1v) is 5.28. The summed E-state index contributed by atoms with van der Waals surface area (Å²) in [6.07, 6.45) is 3.61. The molecule has 0 saturated carbocycles. The molecule has 1 aromatic heterocycles. The van der Waals surface area contributed by atoms with E-state index in [4.69, 9.17) is 4.42 Å². The second-order valence-electron chi connectivity index (χ2n) is 4.05. The van der Waals surface area contributed by atoms with Gasteiger partial charge in [0.1, 0.15) is 0 Å². The van der Waals surface area contributed by atoms with Gasteiger partial charge in [0.05, 0.1) is 12.5 Å². The van der Waals surface area contributed by atoms with Crippen LogP contribution in [0.5, 0.6) is 0 Å². The lowest BCUT2D eigenvalue weighted by atomic mass is 9.98. The fourth-order valence-corrected chi connectivity index (χ4v) is 1.71. The molecule has 0 atom stereocenters. The van der Waals surface area contributed by atoms with Crippen molar-refractivity contribution in [2.45, 2.75) is 20.3 Å². The molecule has 0 aliphatic heterocycles. The van der Waals surface area contributed by atoms with Gasteiger partial charge in [0.25, 0.3) is 0 Å². The Morgan fingerprint density at radius 3 is 2.75 bits per heavy atom. The molecule has 2 aromatic rings. The first-order chi connectivity index (χ1) is 7.66. The van der Waals surface area contributed by atoms with Crippen LogP contribution in [0.2, 0.25) is 0 Å². The normalized spacial score (nSPS) is 10.4. The van der Waals surface area contributed by atoms with Crippen LogP contribution < -0.4 is 0 Å². The van der Waals surface area contributed by atoms with Gasteiger partial charge >= 0.3 is 0 Å². The number of aryl methyl sites for hydroxylation is 2. The van der Waals surface area contributed by atoms with Crippen molar-refractivity contribution in [3.05, 3.63) is 59.0 Å². The summed E-state index contributed by atoms with van der Waals surface area (Å²) in [6, 6.07) is 7.77. The average molecular weight is 214 g/mol. The van der Waals surface area contributed by atoms with Crippen LogP contribution in [-0.2, 0) is 6.42 Å². The molecule has 0 aliphatic rings. The average Bonchev–Trinajstić information content (AvgIpc) is 2.74. The molecule has 0 bridgehead atoms. The summed E-state index contributed by atoms with van der Waals surface area (Å²) >= 11 is 0. The van der Waals surface area contributed by atoms with Crippen LogP contribution in [0.3, 0.4) is 0 Å². The molecule has 1 heterocycles. The van der Waals surface area contributed by atoms with Gasteiger partial charge in [0, 0.05) is 12.0 Å². The molecular formula is C14H14O2. The summed E-state index contributed by atoms with van der Waals surface area (Å²) in [7, 11) is 0. The highest BCUT2D eigenvalue weighted by molar-refractivity contribution is 5.98. The lowest BCUT2D eigenvalue weighted by Gasteiger charge is -2.05. The molecule has 0 unspecified atom stereocenters. The van der Waals surface area contributed by atoms with Crippen molar-refractivity contribution in [1.82, 2.24) is 0 Å². The largest absolute Gasteiger partial charge is 0.472 e. The molecular weight excluding hydrogens is 200 g/mol. The van der Waals surface area contributed by atoms with E-state index in [0.29, 0.717) is 6.42 Å². The number of carbonyl (C=O) groups is 1. The Labute approximate surface area is 94.9 Å². The van der Waals surface area contributed by atoms with Gasteiger partial charge in [-0.2, -0.15) is 0 Å². The summed E-state index contributed by atoms with van der Waals surface area (Å²) in [4.78, 5) is 12.0. The number of benzene rings is 1. The van der Waals surface area contributed by atoms with Crippen molar-refractivity contribution in [1.29, 1.82) is 0 Å². The van der Waals surface area contributed by atoms with E-state index in [-0.39, 0.29) is 5.78 Å². The smallest absolute Gasteiger partial charge is 0.167 e. The van der Waals surface area contributed by atoms with Crippen molar-refractivity contribution in [3.8, 4) is 0 Å². The maximum absolute atomic E-state index is 12.0. The van der Waals surface area contributed by atoms with Gasteiger partial charge < -0.3 is 4.42 Å². The van der Waals surface area contributed by atoms with Crippen molar-refractivity contribution in [2.75, 3.05) is 0 Å². The van der Waals surface area contributed by atoms with Gasteiger partial charge in [-0.3, -0.25) is 4.79 Å². The molecule has 0 N–H and O–H groups in total. The molecule has 82 valence electrons.